The van der Waals surface area contributed by atoms with E-state index in [1.165, 1.54) is 18.3 Å². The molecule has 28 heavy (non-hydrogen) atoms. The highest BCUT2D eigenvalue weighted by Crippen LogP contribution is 2.36. The van der Waals surface area contributed by atoms with E-state index in [9.17, 15) is 8.78 Å². The van der Waals surface area contributed by atoms with Crippen molar-refractivity contribution in [3.8, 4) is 12.1 Å². The molecule has 1 atom stereocenters. The molecule has 0 bridgehead atoms. The molecule has 1 aromatic heterocycles. The Morgan fingerprint density at radius 3 is 2.64 bits per heavy atom. The molecule has 8 heteroatoms. The summed E-state index contributed by atoms with van der Waals surface area (Å²) in [4.78, 5) is 8.19. The van der Waals surface area contributed by atoms with E-state index in [4.69, 9.17) is 22.0 Å². The van der Waals surface area contributed by atoms with Crippen LogP contribution in [0.3, 0.4) is 0 Å². The highest BCUT2D eigenvalue weighted by molar-refractivity contribution is 5.49. The van der Waals surface area contributed by atoms with Crippen LogP contribution in [-0.2, 0) is 0 Å². The molecule has 0 fully saturated rings. The minimum absolute atomic E-state index is 0.00632. The van der Waals surface area contributed by atoms with E-state index in [1.807, 2.05) is 12.1 Å². The van der Waals surface area contributed by atoms with Crippen molar-refractivity contribution in [2.45, 2.75) is 38.0 Å². The van der Waals surface area contributed by atoms with Crippen molar-refractivity contribution in [1.29, 1.82) is 10.5 Å². The Balaban J connectivity index is 1.98. The van der Waals surface area contributed by atoms with Crippen molar-refractivity contribution in [2.24, 2.45) is 11.5 Å². The molecule has 3 rings (SSSR count). The molecule has 1 heterocycles. The zero-order chi connectivity index (χ0) is 20.3. The molecule has 0 aliphatic heterocycles. The summed E-state index contributed by atoms with van der Waals surface area (Å²) in [6.45, 7) is 0. The topological polar surface area (TPSA) is 125 Å². The van der Waals surface area contributed by atoms with Gasteiger partial charge in [0.2, 0.25) is 0 Å². The Morgan fingerprint density at radius 2 is 1.96 bits per heavy atom. The van der Waals surface area contributed by atoms with Crippen LogP contribution in [0.25, 0.3) is 0 Å². The predicted molar refractivity (Wildman–Crippen MR) is 98.1 cm³/mol. The van der Waals surface area contributed by atoms with Crippen LogP contribution in [-0.4, -0.2) is 9.97 Å². The van der Waals surface area contributed by atoms with Gasteiger partial charge in [-0.15, -0.1) is 0 Å². The number of allylic oxidation sites excluding steroid dienone is 6. The second kappa shape index (κ2) is 8.01. The van der Waals surface area contributed by atoms with Crippen LogP contribution in [0.4, 0.5) is 8.78 Å². The lowest BCUT2D eigenvalue weighted by Crippen LogP contribution is -2.19. The van der Waals surface area contributed by atoms with Crippen molar-refractivity contribution in [3.63, 3.8) is 0 Å². The molecule has 1 unspecified atom stereocenters. The standard InChI is InChI=1S/C20H18F2N6/c21-13-5-2-6-14(22)19(13)15(25)7-11-3-1-4-12(20(11)26)18-10-27-16(8-23)17(9-24)28-18/h5,7,10,12H,1-4,6,25-26H2/b15-7-. The molecule has 0 radical (unpaired) electrons. The van der Waals surface area contributed by atoms with Gasteiger partial charge >= 0.3 is 0 Å². The number of nitriles is 2. The molecule has 142 valence electrons. The fourth-order valence-corrected chi connectivity index (χ4v) is 3.45. The van der Waals surface area contributed by atoms with Crippen molar-refractivity contribution < 1.29 is 8.78 Å². The Kier molecular flexibility index (Phi) is 5.51. The number of hydrogen-bond donors (Lipinski definition) is 2. The van der Waals surface area contributed by atoms with E-state index in [1.54, 1.807) is 0 Å². The third-order valence-electron chi connectivity index (χ3n) is 4.86. The maximum absolute atomic E-state index is 14.1. The molecule has 6 nitrogen and oxygen atoms in total. The molecule has 0 saturated heterocycles. The lowest BCUT2D eigenvalue weighted by Gasteiger charge is -2.25. The van der Waals surface area contributed by atoms with E-state index in [2.05, 4.69) is 9.97 Å². The maximum Gasteiger partial charge on any atom is 0.177 e. The van der Waals surface area contributed by atoms with Crippen molar-refractivity contribution >= 4 is 0 Å². The molecule has 2 aliphatic carbocycles. The number of nitrogens with two attached hydrogens (primary N) is 2. The first kappa shape index (κ1) is 19.2. The minimum atomic E-state index is -0.666. The fraction of sp³-hybridized carbons (Fsp3) is 0.300. The number of hydrogen-bond acceptors (Lipinski definition) is 6. The van der Waals surface area contributed by atoms with Crippen LogP contribution in [0, 0.1) is 22.7 Å². The highest BCUT2D eigenvalue weighted by atomic mass is 19.1. The Labute approximate surface area is 161 Å². The Hall–Kier alpha value is -3.52. The van der Waals surface area contributed by atoms with Crippen LogP contribution in [0.1, 0.15) is 55.1 Å². The zero-order valence-corrected chi connectivity index (χ0v) is 15.0. The summed E-state index contributed by atoms with van der Waals surface area (Å²) >= 11 is 0. The van der Waals surface area contributed by atoms with Crippen molar-refractivity contribution in [3.05, 3.63) is 69.6 Å². The maximum atomic E-state index is 14.1. The van der Waals surface area contributed by atoms with Gasteiger partial charge in [0.15, 0.2) is 11.4 Å². The number of halogens is 2. The largest absolute Gasteiger partial charge is 0.401 e. The van der Waals surface area contributed by atoms with Gasteiger partial charge in [-0.2, -0.15) is 10.5 Å². The number of nitrogens with zero attached hydrogens (tertiary/aromatic N) is 4. The lowest BCUT2D eigenvalue weighted by atomic mass is 9.84. The summed E-state index contributed by atoms with van der Waals surface area (Å²) in [5.41, 5.74) is 13.6. The summed E-state index contributed by atoms with van der Waals surface area (Å²) in [5.74, 6) is -1.55. The van der Waals surface area contributed by atoms with Gasteiger partial charge in [0.1, 0.15) is 23.8 Å². The highest BCUT2D eigenvalue weighted by Gasteiger charge is 2.25. The summed E-state index contributed by atoms with van der Waals surface area (Å²) in [6.07, 6.45) is 6.73. The van der Waals surface area contributed by atoms with Gasteiger partial charge in [0.05, 0.1) is 17.5 Å². The predicted octanol–water partition coefficient (Wildman–Crippen LogP) is 3.41. The van der Waals surface area contributed by atoms with Gasteiger partial charge in [-0.3, -0.25) is 0 Å². The van der Waals surface area contributed by atoms with E-state index in [0.29, 0.717) is 36.2 Å². The molecule has 0 amide bonds. The van der Waals surface area contributed by atoms with Crippen LogP contribution < -0.4 is 11.5 Å². The summed E-state index contributed by atoms with van der Waals surface area (Å²) in [6, 6.07) is 3.68. The third-order valence-corrected chi connectivity index (χ3v) is 4.86. The Morgan fingerprint density at radius 1 is 1.21 bits per heavy atom. The Bertz CT molecular complexity index is 1020. The first-order valence-corrected chi connectivity index (χ1v) is 8.84. The van der Waals surface area contributed by atoms with Crippen LogP contribution in [0.5, 0.6) is 0 Å². The normalized spacial score (nSPS) is 20.5. The van der Waals surface area contributed by atoms with Gasteiger partial charge < -0.3 is 11.5 Å². The van der Waals surface area contributed by atoms with Crippen molar-refractivity contribution in [2.75, 3.05) is 0 Å². The lowest BCUT2D eigenvalue weighted by molar-refractivity contribution is 0.543. The number of rotatable bonds is 3. The first-order chi connectivity index (χ1) is 13.5. The SMILES string of the molecule is N#Cc1ncc(C2CCCC(/C=C(\N)C3=C(F)CCC=C3F)=C2N)nc1C#N. The molecule has 1 aromatic rings. The van der Waals surface area contributed by atoms with Crippen LogP contribution in [0.15, 0.2) is 52.5 Å². The molecule has 2 aliphatic rings. The van der Waals surface area contributed by atoms with Gasteiger partial charge in [-0.1, -0.05) is 0 Å². The molecule has 0 aromatic carbocycles. The molecule has 4 N–H and O–H groups in total. The second-order valence-corrected chi connectivity index (χ2v) is 6.61. The number of aromatic nitrogens is 2. The third kappa shape index (κ3) is 3.63. The minimum Gasteiger partial charge on any atom is -0.401 e. The summed E-state index contributed by atoms with van der Waals surface area (Å²) in [5, 5.41) is 18.1. The smallest absolute Gasteiger partial charge is 0.177 e. The summed E-state index contributed by atoms with van der Waals surface area (Å²) < 4.78 is 28.1. The van der Waals surface area contributed by atoms with Crippen LogP contribution >= 0.6 is 0 Å². The van der Waals surface area contributed by atoms with E-state index in [0.717, 1.165) is 6.42 Å². The summed E-state index contributed by atoms with van der Waals surface area (Å²) in [7, 11) is 0. The average molecular weight is 380 g/mol. The van der Waals surface area contributed by atoms with E-state index >= 15 is 0 Å². The second-order valence-electron chi connectivity index (χ2n) is 6.61. The van der Waals surface area contributed by atoms with E-state index < -0.39 is 11.7 Å². The molecular formula is C20H18F2N6. The fourth-order valence-electron chi connectivity index (χ4n) is 3.45. The van der Waals surface area contributed by atoms with Crippen LogP contribution in [0.2, 0.25) is 0 Å². The molecule has 0 spiro atoms. The average Bonchev–Trinajstić information content (AvgIpc) is 2.69. The van der Waals surface area contributed by atoms with E-state index in [-0.39, 0.29) is 35.0 Å². The zero-order valence-electron chi connectivity index (χ0n) is 15.0. The van der Waals surface area contributed by atoms with Gasteiger partial charge in [-0.25, -0.2) is 18.7 Å². The first-order valence-electron chi connectivity index (χ1n) is 8.84. The van der Waals surface area contributed by atoms with Gasteiger partial charge in [0.25, 0.3) is 0 Å². The van der Waals surface area contributed by atoms with Gasteiger partial charge in [-0.05, 0) is 43.4 Å². The molecule has 0 saturated carbocycles. The van der Waals surface area contributed by atoms with Gasteiger partial charge in [0, 0.05) is 23.7 Å². The monoisotopic (exact) mass is 380 g/mol. The molecular weight excluding hydrogens is 362 g/mol. The van der Waals surface area contributed by atoms with Crippen molar-refractivity contribution in [1.82, 2.24) is 9.97 Å². The quantitative estimate of drug-likeness (QED) is 0.827.